The predicted octanol–water partition coefficient (Wildman–Crippen LogP) is 3.54. The van der Waals surface area contributed by atoms with Gasteiger partial charge in [-0.15, -0.1) is 0 Å². The second kappa shape index (κ2) is 6.53. The Morgan fingerprint density at radius 3 is 2.74 bits per heavy atom. The highest BCUT2D eigenvalue weighted by Crippen LogP contribution is 2.28. The maximum absolute atomic E-state index is 10.4. The van der Waals surface area contributed by atoms with E-state index in [1.807, 2.05) is 18.2 Å². The first kappa shape index (κ1) is 14.5. The van der Waals surface area contributed by atoms with Crippen molar-refractivity contribution in [3.05, 3.63) is 35.4 Å². The summed E-state index contributed by atoms with van der Waals surface area (Å²) < 4.78 is 0. The minimum Gasteiger partial charge on any atom is -0.387 e. The Morgan fingerprint density at radius 2 is 2.05 bits per heavy atom. The molecule has 0 radical (unpaired) electrons. The molecule has 1 N–H and O–H groups in total. The fourth-order valence-corrected chi connectivity index (χ4v) is 3.28. The van der Waals surface area contributed by atoms with E-state index in [2.05, 4.69) is 31.9 Å². The maximum atomic E-state index is 10.4. The molecule has 3 atom stereocenters. The normalized spacial score (nSPS) is 25.5. The van der Waals surface area contributed by atoms with Gasteiger partial charge in [0.2, 0.25) is 0 Å². The monoisotopic (exact) mass is 261 g/mol. The Hall–Kier alpha value is -0.860. The second-order valence-corrected chi connectivity index (χ2v) is 6.24. The van der Waals surface area contributed by atoms with Crippen LogP contribution in [0, 0.1) is 12.8 Å². The lowest BCUT2D eigenvalue weighted by molar-refractivity contribution is 0.0828. The van der Waals surface area contributed by atoms with Crippen molar-refractivity contribution in [2.24, 2.45) is 5.92 Å². The van der Waals surface area contributed by atoms with Crippen LogP contribution in [-0.4, -0.2) is 29.6 Å². The first-order valence-electron chi connectivity index (χ1n) is 7.51. The van der Waals surface area contributed by atoms with Gasteiger partial charge in [0.25, 0.3) is 0 Å². The molecule has 0 bridgehead atoms. The second-order valence-electron chi connectivity index (χ2n) is 6.24. The molecule has 0 spiro atoms. The third-order valence-electron chi connectivity index (χ3n) is 4.54. The van der Waals surface area contributed by atoms with Crippen molar-refractivity contribution in [3.63, 3.8) is 0 Å². The van der Waals surface area contributed by atoms with E-state index in [9.17, 15) is 5.11 Å². The lowest BCUT2D eigenvalue weighted by Crippen LogP contribution is -2.38. The van der Waals surface area contributed by atoms with Crippen LogP contribution in [0.3, 0.4) is 0 Å². The molecule has 0 aliphatic heterocycles. The van der Waals surface area contributed by atoms with Crippen molar-refractivity contribution in [3.8, 4) is 0 Å². The van der Waals surface area contributed by atoms with E-state index in [0.29, 0.717) is 6.04 Å². The van der Waals surface area contributed by atoms with E-state index in [0.717, 1.165) is 18.0 Å². The molecule has 106 valence electrons. The van der Waals surface area contributed by atoms with Gasteiger partial charge in [-0.3, -0.25) is 0 Å². The molecule has 0 amide bonds. The van der Waals surface area contributed by atoms with E-state index in [-0.39, 0.29) is 6.10 Å². The van der Waals surface area contributed by atoms with Crippen LogP contribution in [0.25, 0.3) is 0 Å². The number of hydrogen-bond acceptors (Lipinski definition) is 2. The molecule has 2 rings (SSSR count). The zero-order valence-corrected chi connectivity index (χ0v) is 12.5. The Labute approximate surface area is 117 Å². The molecule has 2 heteroatoms. The number of aryl methyl sites for hydroxylation is 1. The molecule has 1 aromatic carbocycles. The van der Waals surface area contributed by atoms with Gasteiger partial charge in [-0.2, -0.15) is 0 Å². The molecule has 3 unspecified atom stereocenters. The Bertz CT molecular complexity index is 404. The summed E-state index contributed by atoms with van der Waals surface area (Å²) in [5.41, 5.74) is 2.25. The number of benzene rings is 1. The lowest BCUT2D eigenvalue weighted by atomic mass is 9.86. The number of rotatable bonds is 4. The van der Waals surface area contributed by atoms with Gasteiger partial charge in [0.05, 0.1) is 6.10 Å². The zero-order chi connectivity index (χ0) is 13.8. The highest BCUT2D eigenvalue weighted by atomic mass is 16.3. The average molecular weight is 261 g/mol. The third-order valence-corrected chi connectivity index (χ3v) is 4.54. The van der Waals surface area contributed by atoms with Crippen LogP contribution in [-0.2, 0) is 0 Å². The van der Waals surface area contributed by atoms with Gasteiger partial charge in [0.15, 0.2) is 0 Å². The van der Waals surface area contributed by atoms with Crippen molar-refractivity contribution in [2.75, 3.05) is 13.6 Å². The minimum absolute atomic E-state index is 0.372. The molecule has 1 saturated carbocycles. The molecule has 1 aliphatic carbocycles. The van der Waals surface area contributed by atoms with Crippen molar-refractivity contribution in [2.45, 2.75) is 51.7 Å². The number of nitrogens with zero attached hydrogens (tertiary/aromatic N) is 1. The van der Waals surface area contributed by atoms with Gasteiger partial charge < -0.3 is 10.0 Å². The van der Waals surface area contributed by atoms with Gasteiger partial charge in [-0.25, -0.2) is 0 Å². The molecule has 0 aromatic heterocycles. The Balaban J connectivity index is 1.95. The fourth-order valence-electron chi connectivity index (χ4n) is 3.28. The van der Waals surface area contributed by atoms with Crippen LogP contribution in [0.5, 0.6) is 0 Å². The summed E-state index contributed by atoms with van der Waals surface area (Å²) in [6, 6.07) is 8.78. The van der Waals surface area contributed by atoms with Gasteiger partial charge in [0.1, 0.15) is 0 Å². The summed E-state index contributed by atoms with van der Waals surface area (Å²) in [6.07, 6.45) is 4.88. The first-order valence-corrected chi connectivity index (χ1v) is 7.51. The molecule has 2 nitrogen and oxygen atoms in total. The van der Waals surface area contributed by atoms with Crippen molar-refractivity contribution < 1.29 is 5.11 Å². The summed E-state index contributed by atoms with van der Waals surface area (Å²) in [5.74, 6) is 0.830. The molecule has 1 fully saturated rings. The fraction of sp³-hybridized carbons (Fsp3) is 0.647. The van der Waals surface area contributed by atoms with Crippen molar-refractivity contribution in [1.29, 1.82) is 0 Å². The number of aliphatic hydroxyl groups excluding tert-OH is 1. The van der Waals surface area contributed by atoms with Gasteiger partial charge in [-0.05, 0) is 43.9 Å². The summed E-state index contributed by atoms with van der Waals surface area (Å²) in [6.45, 7) is 5.15. The molecule has 0 heterocycles. The smallest absolute Gasteiger partial charge is 0.0919 e. The molecule has 1 aliphatic rings. The maximum Gasteiger partial charge on any atom is 0.0919 e. The van der Waals surface area contributed by atoms with Gasteiger partial charge in [-0.1, -0.05) is 44.0 Å². The molecule has 0 saturated heterocycles. The van der Waals surface area contributed by atoms with Crippen LogP contribution < -0.4 is 0 Å². The highest BCUT2D eigenvalue weighted by molar-refractivity contribution is 5.27. The van der Waals surface area contributed by atoms with Crippen molar-refractivity contribution >= 4 is 0 Å². The number of likely N-dealkylation sites (N-methyl/N-ethyl adjacent to an activating group) is 1. The highest BCUT2D eigenvalue weighted by Gasteiger charge is 2.24. The summed E-state index contributed by atoms with van der Waals surface area (Å²) >= 11 is 0. The largest absolute Gasteiger partial charge is 0.387 e. The topological polar surface area (TPSA) is 23.5 Å². The lowest BCUT2D eigenvalue weighted by Gasteiger charge is -2.35. The van der Waals surface area contributed by atoms with Crippen LogP contribution >= 0.6 is 0 Å². The van der Waals surface area contributed by atoms with E-state index in [1.54, 1.807) is 0 Å². The first-order chi connectivity index (χ1) is 9.08. The minimum atomic E-state index is -0.372. The van der Waals surface area contributed by atoms with E-state index in [4.69, 9.17) is 0 Å². The van der Waals surface area contributed by atoms with Crippen LogP contribution in [0.15, 0.2) is 24.3 Å². The zero-order valence-electron chi connectivity index (χ0n) is 12.5. The van der Waals surface area contributed by atoms with Gasteiger partial charge >= 0.3 is 0 Å². The van der Waals surface area contributed by atoms with E-state index in [1.165, 1.54) is 31.2 Å². The Morgan fingerprint density at radius 1 is 1.32 bits per heavy atom. The Kier molecular flexibility index (Phi) is 5.00. The summed E-state index contributed by atoms with van der Waals surface area (Å²) in [7, 11) is 2.16. The van der Waals surface area contributed by atoms with Crippen LogP contribution in [0.2, 0.25) is 0 Å². The molecular formula is C17H27NO. The molecule has 19 heavy (non-hydrogen) atoms. The number of hydrogen-bond donors (Lipinski definition) is 1. The van der Waals surface area contributed by atoms with Gasteiger partial charge in [0, 0.05) is 12.6 Å². The summed E-state index contributed by atoms with van der Waals surface area (Å²) in [4.78, 5) is 2.35. The van der Waals surface area contributed by atoms with Crippen LogP contribution in [0.1, 0.15) is 49.8 Å². The quantitative estimate of drug-likeness (QED) is 0.896. The predicted molar refractivity (Wildman–Crippen MR) is 80.2 cm³/mol. The van der Waals surface area contributed by atoms with E-state index < -0.39 is 0 Å². The SMILES string of the molecule is Cc1ccccc1C(O)CN(C)C1CCCC(C)C1. The third kappa shape index (κ3) is 3.80. The van der Waals surface area contributed by atoms with Crippen molar-refractivity contribution in [1.82, 2.24) is 4.90 Å². The van der Waals surface area contributed by atoms with Crippen LogP contribution in [0.4, 0.5) is 0 Å². The van der Waals surface area contributed by atoms with E-state index >= 15 is 0 Å². The average Bonchev–Trinajstić information content (AvgIpc) is 2.39. The summed E-state index contributed by atoms with van der Waals surface area (Å²) in [5, 5.41) is 10.4. The molecule has 1 aromatic rings. The number of aliphatic hydroxyl groups is 1. The molecular weight excluding hydrogens is 234 g/mol. The standard InChI is InChI=1S/C17H27NO/c1-13-7-6-9-15(11-13)18(3)12-17(19)16-10-5-4-8-14(16)2/h4-5,8,10,13,15,17,19H,6-7,9,11-12H2,1-3H3.